The number of hydrogen-bond donors (Lipinski definition) is 2. The number of nitrogens with one attached hydrogen (secondary N) is 1. The Kier molecular flexibility index (Phi) is 4.57. The van der Waals surface area contributed by atoms with Gasteiger partial charge < -0.3 is 19.9 Å². The molecule has 0 aromatic heterocycles. The van der Waals surface area contributed by atoms with E-state index in [4.69, 9.17) is 21.1 Å². The second kappa shape index (κ2) is 6.42. The van der Waals surface area contributed by atoms with Crippen molar-refractivity contribution in [2.45, 2.75) is 38.3 Å². The highest BCUT2D eigenvalue weighted by atomic mass is 35.5. The van der Waals surface area contributed by atoms with Crippen LogP contribution in [0.4, 0.5) is 0 Å². The molecule has 0 saturated heterocycles. The summed E-state index contributed by atoms with van der Waals surface area (Å²) in [5, 5.41) is 14.3. The summed E-state index contributed by atoms with van der Waals surface area (Å²) < 4.78 is 11.0. The van der Waals surface area contributed by atoms with Gasteiger partial charge >= 0.3 is 0 Å². The molecule has 21 heavy (non-hydrogen) atoms. The first-order chi connectivity index (χ1) is 10.2. The van der Waals surface area contributed by atoms with Crippen LogP contribution >= 0.6 is 11.6 Å². The SMILES string of the molecule is CCC(NCC(O)c1cc(Cl)c2c(c1)OCCO2)C1CC1. The third kappa shape index (κ3) is 3.44. The minimum Gasteiger partial charge on any atom is -0.486 e. The van der Waals surface area contributed by atoms with Crippen molar-refractivity contribution in [3.63, 3.8) is 0 Å². The molecule has 0 spiro atoms. The lowest BCUT2D eigenvalue weighted by Crippen LogP contribution is -2.33. The van der Waals surface area contributed by atoms with Gasteiger partial charge in [0.25, 0.3) is 0 Å². The molecule has 0 amide bonds. The first-order valence-electron chi connectivity index (χ1n) is 7.69. The summed E-state index contributed by atoms with van der Waals surface area (Å²) in [6.45, 7) is 3.74. The maximum absolute atomic E-state index is 10.4. The summed E-state index contributed by atoms with van der Waals surface area (Å²) in [6, 6.07) is 4.09. The molecule has 2 aliphatic rings. The van der Waals surface area contributed by atoms with Crippen molar-refractivity contribution >= 4 is 11.6 Å². The van der Waals surface area contributed by atoms with E-state index in [1.807, 2.05) is 6.07 Å². The summed E-state index contributed by atoms with van der Waals surface area (Å²) in [5.74, 6) is 1.99. The van der Waals surface area contributed by atoms with Crippen molar-refractivity contribution in [2.75, 3.05) is 19.8 Å². The molecule has 2 unspecified atom stereocenters. The summed E-state index contributed by atoms with van der Waals surface area (Å²) in [4.78, 5) is 0. The number of hydrogen-bond acceptors (Lipinski definition) is 4. The Balaban J connectivity index is 1.66. The molecular weight excluding hydrogens is 290 g/mol. The van der Waals surface area contributed by atoms with Crippen molar-refractivity contribution < 1.29 is 14.6 Å². The highest BCUT2D eigenvalue weighted by Crippen LogP contribution is 2.40. The Morgan fingerprint density at radius 3 is 2.81 bits per heavy atom. The number of rotatable bonds is 6. The highest BCUT2D eigenvalue weighted by Gasteiger charge is 2.30. The second-order valence-corrected chi connectivity index (χ2v) is 6.21. The van der Waals surface area contributed by atoms with Gasteiger partial charge in [-0.05, 0) is 42.9 Å². The van der Waals surface area contributed by atoms with E-state index in [0.717, 1.165) is 17.9 Å². The average molecular weight is 312 g/mol. The maximum Gasteiger partial charge on any atom is 0.179 e. The molecular formula is C16H22ClNO3. The Morgan fingerprint density at radius 1 is 1.33 bits per heavy atom. The smallest absolute Gasteiger partial charge is 0.179 e. The molecule has 2 N–H and O–H groups in total. The van der Waals surface area contributed by atoms with Crippen LogP contribution in [-0.4, -0.2) is 30.9 Å². The van der Waals surface area contributed by atoms with E-state index in [0.29, 0.717) is 42.3 Å². The van der Waals surface area contributed by atoms with Crippen LogP contribution in [0.5, 0.6) is 11.5 Å². The predicted molar refractivity (Wildman–Crippen MR) is 82.2 cm³/mol. The quantitative estimate of drug-likeness (QED) is 0.848. The van der Waals surface area contributed by atoms with Gasteiger partial charge in [0.2, 0.25) is 0 Å². The van der Waals surface area contributed by atoms with Crippen LogP contribution in [0, 0.1) is 5.92 Å². The Morgan fingerprint density at radius 2 is 2.10 bits per heavy atom. The third-order valence-electron chi connectivity index (χ3n) is 4.21. The summed E-state index contributed by atoms with van der Waals surface area (Å²) in [7, 11) is 0. The molecule has 5 heteroatoms. The molecule has 1 heterocycles. The van der Waals surface area contributed by atoms with Gasteiger partial charge in [-0.3, -0.25) is 0 Å². The van der Waals surface area contributed by atoms with E-state index < -0.39 is 6.10 Å². The number of ether oxygens (including phenoxy) is 2. The fraction of sp³-hybridized carbons (Fsp3) is 0.625. The van der Waals surface area contributed by atoms with Crippen molar-refractivity contribution in [3.8, 4) is 11.5 Å². The molecule has 2 atom stereocenters. The molecule has 1 saturated carbocycles. The number of benzene rings is 1. The lowest BCUT2D eigenvalue weighted by Gasteiger charge is -2.23. The highest BCUT2D eigenvalue weighted by molar-refractivity contribution is 6.32. The van der Waals surface area contributed by atoms with Gasteiger partial charge in [-0.2, -0.15) is 0 Å². The van der Waals surface area contributed by atoms with Gasteiger partial charge in [-0.15, -0.1) is 0 Å². The van der Waals surface area contributed by atoms with E-state index in [-0.39, 0.29) is 0 Å². The zero-order valence-corrected chi connectivity index (χ0v) is 13.0. The number of halogens is 1. The third-order valence-corrected chi connectivity index (χ3v) is 4.49. The standard InChI is InChI=1S/C16H22ClNO3/c1-2-13(10-3-4-10)18-9-14(19)11-7-12(17)16-15(8-11)20-5-6-21-16/h7-8,10,13-14,18-19H,2-6,9H2,1H3. The van der Waals surface area contributed by atoms with Crippen LogP contribution in [0.25, 0.3) is 0 Å². The number of aliphatic hydroxyl groups excluding tert-OH is 1. The first kappa shape index (κ1) is 14.9. The van der Waals surface area contributed by atoms with E-state index in [9.17, 15) is 5.11 Å². The fourth-order valence-electron chi connectivity index (χ4n) is 2.85. The molecule has 1 aliphatic carbocycles. The van der Waals surface area contributed by atoms with E-state index in [2.05, 4.69) is 12.2 Å². The van der Waals surface area contributed by atoms with Crippen LogP contribution in [-0.2, 0) is 0 Å². The molecule has 3 rings (SSSR count). The number of aliphatic hydroxyl groups is 1. The molecule has 0 bridgehead atoms. The van der Waals surface area contributed by atoms with Crippen LogP contribution in [0.2, 0.25) is 5.02 Å². The van der Waals surface area contributed by atoms with Crippen LogP contribution in [0.15, 0.2) is 12.1 Å². The van der Waals surface area contributed by atoms with Gasteiger partial charge in [-0.25, -0.2) is 0 Å². The van der Waals surface area contributed by atoms with Crippen molar-refractivity contribution in [1.82, 2.24) is 5.32 Å². The Hall–Kier alpha value is -0.970. The van der Waals surface area contributed by atoms with Crippen LogP contribution in [0.1, 0.15) is 37.9 Å². The minimum atomic E-state index is -0.592. The molecule has 4 nitrogen and oxygen atoms in total. The molecule has 1 aromatic rings. The van der Waals surface area contributed by atoms with Crippen LogP contribution < -0.4 is 14.8 Å². The minimum absolute atomic E-state index is 0.496. The van der Waals surface area contributed by atoms with Gasteiger partial charge in [0.1, 0.15) is 13.2 Å². The second-order valence-electron chi connectivity index (χ2n) is 5.80. The monoisotopic (exact) mass is 311 g/mol. The van der Waals surface area contributed by atoms with Crippen LogP contribution in [0.3, 0.4) is 0 Å². The van der Waals surface area contributed by atoms with Gasteiger partial charge in [-0.1, -0.05) is 18.5 Å². The summed E-state index contributed by atoms with van der Waals surface area (Å²) >= 11 is 6.21. The van der Waals surface area contributed by atoms with Gasteiger partial charge in [0.05, 0.1) is 11.1 Å². The topological polar surface area (TPSA) is 50.7 Å². The molecule has 1 aromatic carbocycles. The zero-order valence-electron chi connectivity index (χ0n) is 12.3. The van der Waals surface area contributed by atoms with E-state index >= 15 is 0 Å². The molecule has 116 valence electrons. The fourth-order valence-corrected chi connectivity index (χ4v) is 3.12. The maximum atomic E-state index is 10.4. The number of fused-ring (bicyclic) bond motifs is 1. The summed E-state index contributed by atoms with van der Waals surface area (Å²) in [6.07, 6.45) is 3.11. The lowest BCUT2D eigenvalue weighted by atomic mass is 10.1. The van der Waals surface area contributed by atoms with Gasteiger partial charge in [0, 0.05) is 12.6 Å². The predicted octanol–water partition coefficient (Wildman–Crippen LogP) is 2.92. The Labute approximate surface area is 130 Å². The van der Waals surface area contributed by atoms with Gasteiger partial charge in [0.15, 0.2) is 11.5 Å². The first-order valence-corrected chi connectivity index (χ1v) is 8.07. The molecule has 0 radical (unpaired) electrons. The molecule has 1 fully saturated rings. The van der Waals surface area contributed by atoms with Crippen molar-refractivity contribution in [3.05, 3.63) is 22.7 Å². The van der Waals surface area contributed by atoms with E-state index in [1.165, 1.54) is 12.8 Å². The van der Waals surface area contributed by atoms with E-state index in [1.54, 1.807) is 6.07 Å². The largest absolute Gasteiger partial charge is 0.486 e. The zero-order chi connectivity index (χ0) is 14.8. The van der Waals surface area contributed by atoms with Crippen molar-refractivity contribution in [1.29, 1.82) is 0 Å². The normalized spacial score (nSPS) is 20.1. The lowest BCUT2D eigenvalue weighted by molar-refractivity contribution is 0.159. The summed E-state index contributed by atoms with van der Waals surface area (Å²) in [5.41, 5.74) is 0.766. The Bertz CT molecular complexity index is 505. The molecule has 1 aliphatic heterocycles. The average Bonchev–Trinajstić information content (AvgIpc) is 3.32. The van der Waals surface area contributed by atoms with Crippen molar-refractivity contribution in [2.24, 2.45) is 5.92 Å².